The van der Waals surface area contributed by atoms with Crippen molar-refractivity contribution in [1.29, 1.82) is 0 Å². The average molecular weight is 232 g/mol. The Bertz CT molecular complexity index is 347. The first-order valence-electron chi connectivity index (χ1n) is 4.90. The molecule has 0 aliphatic carbocycles. The van der Waals surface area contributed by atoms with Crippen molar-refractivity contribution < 1.29 is 13.2 Å². The number of benzene rings is 1. The minimum absolute atomic E-state index is 0.192. The molecule has 0 fully saturated rings. The van der Waals surface area contributed by atoms with Gasteiger partial charge in [-0.2, -0.15) is 13.2 Å². The van der Waals surface area contributed by atoms with E-state index in [9.17, 15) is 13.2 Å². The number of alkyl halides is 3. The standard InChI is InChI=1S/C11H15F3N2/c1-16(2)10(7-15)8-4-3-5-9(6-8)11(12,13)14/h3-6,10H,7,15H2,1-2H3/t10-/m1/s1. The van der Waals surface area contributed by atoms with Gasteiger partial charge in [-0.15, -0.1) is 0 Å². The van der Waals surface area contributed by atoms with Crippen LogP contribution in [0.5, 0.6) is 0 Å². The first kappa shape index (κ1) is 13.0. The van der Waals surface area contributed by atoms with E-state index in [4.69, 9.17) is 5.73 Å². The van der Waals surface area contributed by atoms with Gasteiger partial charge in [-0.3, -0.25) is 0 Å². The zero-order valence-corrected chi connectivity index (χ0v) is 9.25. The first-order valence-corrected chi connectivity index (χ1v) is 4.90. The fourth-order valence-corrected chi connectivity index (χ4v) is 1.57. The summed E-state index contributed by atoms with van der Waals surface area (Å²) in [6.45, 7) is 0.286. The highest BCUT2D eigenvalue weighted by atomic mass is 19.4. The van der Waals surface area contributed by atoms with Crippen molar-refractivity contribution in [3.63, 3.8) is 0 Å². The van der Waals surface area contributed by atoms with E-state index in [1.165, 1.54) is 6.07 Å². The summed E-state index contributed by atoms with van der Waals surface area (Å²) in [6, 6.07) is 5.09. The van der Waals surface area contributed by atoms with Crippen molar-refractivity contribution >= 4 is 0 Å². The van der Waals surface area contributed by atoms with Gasteiger partial charge in [-0.25, -0.2) is 0 Å². The maximum Gasteiger partial charge on any atom is 0.416 e. The van der Waals surface area contributed by atoms with Crippen LogP contribution in [0.3, 0.4) is 0 Å². The number of hydrogen-bond donors (Lipinski definition) is 1. The molecular weight excluding hydrogens is 217 g/mol. The molecule has 2 nitrogen and oxygen atoms in total. The highest BCUT2D eigenvalue weighted by Gasteiger charge is 2.31. The zero-order chi connectivity index (χ0) is 12.3. The van der Waals surface area contributed by atoms with E-state index in [0.29, 0.717) is 5.56 Å². The third-order valence-electron chi connectivity index (χ3n) is 2.45. The minimum atomic E-state index is -4.30. The molecule has 1 aromatic carbocycles. The molecule has 0 amide bonds. The molecule has 2 N–H and O–H groups in total. The quantitative estimate of drug-likeness (QED) is 0.866. The molecular formula is C11H15F3N2. The molecule has 1 aromatic rings. The van der Waals surface area contributed by atoms with Crippen LogP contribution in [0.4, 0.5) is 13.2 Å². The molecule has 0 radical (unpaired) electrons. The fraction of sp³-hybridized carbons (Fsp3) is 0.455. The number of likely N-dealkylation sites (N-methyl/N-ethyl adjacent to an activating group) is 1. The summed E-state index contributed by atoms with van der Waals surface area (Å²) in [5.74, 6) is 0. The van der Waals surface area contributed by atoms with Gasteiger partial charge in [-0.1, -0.05) is 12.1 Å². The average Bonchev–Trinajstić information content (AvgIpc) is 2.17. The van der Waals surface area contributed by atoms with Gasteiger partial charge in [0, 0.05) is 12.6 Å². The molecule has 90 valence electrons. The van der Waals surface area contributed by atoms with Crippen LogP contribution in [0.1, 0.15) is 17.2 Å². The van der Waals surface area contributed by atoms with Gasteiger partial charge in [0.1, 0.15) is 0 Å². The van der Waals surface area contributed by atoms with Crippen LogP contribution >= 0.6 is 0 Å². The van der Waals surface area contributed by atoms with Crippen LogP contribution in [0.2, 0.25) is 0 Å². The van der Waals surface area contributed by atoms with Crippen molar-refractivity contribution in [1.82, 2.24) is 4.90 Å². The monoisotopic (exact) mass is 232 g/mol. The molecule has 0 saturated heterocycles. The van der Waals surface area contributed by atoms with E-state index in [1.807, 2.05) is 0 Å². The molecule has 0 spiro atoms. The van der Waals surface area contributed by atoms with Crippen LogP contribution in [-0.2, 0) is 6.18 Å². The number of rotatable bonds is 3. The Morgan fingerprint density at radius 1 is 1.31 bits per heavy atom. The molecule has 0 heterocycles. The van der Waals surface area contributed by atoms with E-state index in [2.05, 4.69) is 0 Å². The fourth-order valence-electron chi connectivity index (χ4n) is 1.57. The van der Waals surface area contributed by atoms with E-state index >= 15 is 0 Å². The lowest BCUT2D eigenvalue weighted by Crippen LogP contribution is -2.27. The summed E-state index contributed by atoms with van der Waals surface area (Å²) >= 11 is 0. The van der Waals surface area contributed by atoms with E-state index in [0.717, 1.165) is 12.1 Å². The van der Waals surface area contributed by atoms with Crippen molar-refractivity contribution in [2.45, 2.75) is 12.2 Å². The lowest BCUT2D eigenvalue weighted by Gasteiger charge is -2.23. The lowest BCUT2D eigenvalue weighted by atomic mass is 10.0. The molecule has 0 bridgehead atoms. The van der Waals surface area contributed by atoms with Crippen LogP contribution in [0.25, 0.3) is 0 Å². The number of halogens is 3. The van der Waals surface area contributed by atoms with E-state index in [-0.39, 0.29) is 12.6 Å². The van der Waals surface area contributed by atoms with Crippen LogP contribution in [0.15, 0.2) is 24.3 Å². The van der Waals surface area contributed by atoms with Crippen molar-refractivity contribution in [3.05, 3.63) is 35.4 Å². The molecule has 0 aliphatic heterocycles. The topological polar surface area (TPSA) is 29.3 Å². The number of hydrogen-bond acceptors (Lipinski definition) is 2. The molecule has 0 saturated carbocycles. The first-order chi connectivity index (χ1) is 7.36. The molecule has 0 aliphatic rings. The lowest BCUT2D eigenvalue weighted by molar-refractivity contribution is -0.137. The highest BCUT2D eigenvalue weighted by Crippen LogP contribution is 2.31. The molecule has 0 unspecified atom stereocenters. The maximum absolute atomic E-state index is 12.5. The Hall–Kier alpha value is -1.07. The van der Waals surface area contributed by atoms with Crippen LogP contribution in [0, 0.1) is 0 Å². The van der Waals surface area contributed by atoms with Gasteiger partial charge in [0.25, 0.3) is 0 Å². The van der Waals surface area contributed by atoms with Crippen molar-refractivity contribution in [2.24, 2.45) is 5.73 Å². The van der Waals surface area contributed by atoms with Gasteiger partial charge in [0.15, 0.2) is 0 Å². The highest BCUT2D eigenvalue weighted by molar-refractivity contribution is 5.28. The number of nitrogens with zero attached hydrogens (tertiary/aromatic N) is 1. The summed E-state index contributed by atoms with van der Waals surface area (Å²) in [5.41, 5.74) is 5.49. The number of nitrogens with two attached hydrogens (primary N) is 1. The van der Waals surface area contributed by atoms with Gasteiger partial charge in [-0.05, 0) is 31.8 Å². The SMILES string of the molecule is CN(C)[C@H](CN)c1cccc(C(F)(F)F)c1. The van der Waals surface area contributed by atoms with E-state index in [1.54, 1.807) is 25.1 Å². The normalized spacial score (nSPS) is 14.2. The van der Waals surface area contributed by atoms with Crippen molar-refractivity contribution in [3.8, 4) is 0 Å². The molecule has 1 rings (SSSR count). The second-order valence-corrected chi connectivity index (χ2v) is 3.84. The molecule has 5 heteroatoms. The summed E-state index contributed by atoms with van der Waals surface area (Å²) in [6.07, 6.45) is -4.30. The third kappa shape index (κ3) is 2.96. The minimum Gasteiger partial charge on any atom is -0.329 e. The maximum atomic E-state index is 12.5. The summed E-state index contributed by atoms with van der Waals surface area (Å²) < 4.78 is 37.5. The Morgan fingerprint density at radius 2 is 1.94 bits per heavy atom. The van der Waals surface area contributed by atoms with E-state index < -0.39 is 11.7 Å². The summed E-state index contributed by atoms with van der Waals surface area (Å²) in [4.78, 5) is 1.80. The Balaban J connectivity index is 3.07. The second-order valence-electron chi connectivity index (χ2n) is 3.84. The van der Waals surface area contributed by atoms with Gasteiger partial charge in [0.2, 0.25) is 0 Å². The summed E-state index contributed by atoms with van der Waals surface area (Å²) in [7, 11) is 3.58. The van der Waals surface area contributed by atoms with Gasteiger partial charge < -0.3 is 10.6 Å². The van der Waals surface area contributed by atoms with Gasteiger partial charge in [0.05, 0.1) is 5.56 Å². The smallest absolute Gasteiger partial charge is 0.329 e. The Labute approximate surface area is 92.9 Å². The van der Waals surface area contributed by atoms with Crippen LogP contribution in [-0.4, -0.2) is 25.5 Å². The van der Waals surface area contributed by atoms with Crippen LogP contribution < -0.4 is 5.73 Å². The van der Waals surface area contributed by atoms with Crippen molar-refractivity contribution in [2.75, 3.05) is 20.6 Å². The molecule has 0 aromatic heterocycles. The Morgan fingerprint density at radius 3 is 2.38 bits per heavy atom. The Kier molecular flexibility index (Phi) is 3.93. The predicted molar refractivity (Wildman–Crippen MR) is 56.9 cm³/mol. The largest absolute Gasteiger partial charge is 0.416 e. The molecule has 16 heavy (non-hydrogen) atoms. The van der Waals surface area contributed by atoms with Gasteiger partial charge >= 0.3 is 6.18 Å². The molecule has 1 atom stereocenters. The third-order valence-corrected chi connectivity index (χ3v) is 2.45. The second kappa shape index (κ2) is 4.84. The zero-order valence-electron chi connectivity index (χ0n) is 9.25. The summed E-state index contributed by atoms with van der Waals surface area (Å²) in [5, 5.41) is 0. The predicted octanol–water partition coefficient (Wildman–Crippen LogP) is 2.27.